The van der Waals surface area contributed by atoms with Gasteiger partial charge in [0.1, 0.15) is 11.2 Å². The van der Waals surface area contributed by atoms with Gasteiger partial charge < -0.3 is 41.0 Å². The van der Waals surface area contributed by atoms with Gasteiger partial charge in [-0.15, -0.1) is 0 Å². The first-order valence-electron chi connectivity index (χ1n) is 13.8. The van der Waals surface area contributed by atoms with Crippen molar-refractivity contribution in [2.24, 2.45) is 0 Å². The molecule has 6 N–H and O–H groups in total. The summed E-state index contributed by atoms with van der Waals surface area (Å²) < 4.78 is 10.3. The molecule has 0 saturated carbocycles. The van der Waals surface area contributed by atoms with Crippen molar-refractivity contribution in [2.45, 2.75) is 65.6 Å². The van der Waals surface area contributed by atoms with Crippen LogP contribution < -0.4 is 21.3 Å². The predicted octanol–water partition coefficient (Wildman–Crippen LogP) is -0.363. The number of aliphatic hydroxyl groups is 2. The van der Waals surface area contributed by atoms with E-state index < -0.39 is 23.4 Å². The number of carbonyl (C=O) groups excluding carboxylic acids is 4. The molecule has 0 unspecified atom stereocenters. The first-order chi connectivity index (χ1) is 18.6. The molecular weight excluding hydrogens is 524 g/mol. The second-order valence-electron chi connectivity index (χ2n) is 11.2. The largest absolute Gasteiger partial charge is 0.444 e. The fourth-order valence-electron chi connectivity index (χ4n) is 3.29. The van der Waals surface area contributed by atoms with Crippen molar-refractivity contribution >= 4 is 24.0 Å². The zero-order chi connectivity index (χ0) is 30.6. The summed E-state index contributed by atoms with van der Waals surface area (Å²) in [7, 11) is 0. The van der Waals surface area contributed by atoms with E-state index in [0.29, 0.717) is 39.3 Å². The molecule has 0 atom stereocenters. The Morgan fingerprint density at radius 2 is 0.875 bits per heavy atom. The van der Waals surface area contributed by atoms with Crippen molar-refractivity contribution in [3.8, 4) is 0 Å². The van der Waals surface area contributed by atoms with Gasteiger partial charge in [-0.3, -0.25) is 19.4 Å². The summed E-state index contributed by atoms with van der Waals surface area (Å²) in [6, 6.07) is 0. The van der Waals surface area contributed by atoms with E-state index in [1.165, 1.54) is 0 Å². The van der Waals surface area contributed by atoms with Crippen LogP contribution in [0.2, 0.25) is 0 Å². The SMILES string of the molecule is CC(C)(C)OC(=O)NCCNC(=O)CCN(CCO)CCN(CCO)CCC(=O)NCCNC(=O)OC(C)(C)C. The number of nitrogens with one attached hydrogen (secondary N) is 4. The lowest BCUT2D eigenvalue weighted by molar-refractivity contribution is -0.122. The summed E-state index contributed by atoms with van der Waals surface area (Å²) in [5.41, 5.74) is -1.18. The van der Waals surface area contributed by atoms with E-state index in [1.54, 1.807) is 41.5 Å². The standard InChI is InChI=1S/C26H52N6O8/c1-25(2,3)39-23(37)29-11-9-27-21(35)7-13-31(17-19-33)15-16-32(18-20-34)14-8-22(36)28-10-12-30-24(38)40-26(4,5)6/h33-34H,7-20H2,1-6H3,(H,27,35)(H,28,36)(H,29,37)(H,30,38). The Morgan fingerprint density at radius 1 is 0.550 bits per heavy atom. The predicted molar refractivity (Wildman–Crippen MR) is 151 cm³/mol. The van der Waals surface area contributed by atoms with Gasteiger partial charge in [0.25, 0.3) is 0 Å². The van der Waals surface area contributed by atoms with Gasteiger partial charge in [-0.05, 0) is 41.5 Å². The topological polar surface area (TPSA) is 182 Å². The molecule has 0 aromatic heterocycles. The molecule has 0 bridgehead atoms. The summed E-state index contributed by atoms with van der Waals surface area (Å²) in [5.74, 6) is -0.363. The maximum atomic E-state index is 12.2. The van der Waals surface area contributed by atoms with Crippen LogP contribution in [0.5, 0.6) is 0 Å². The lowest BCUT2D eigenvalue weighted by Gasteiger charge is -2.26. The fourth-order valence-corrected chi connectivity index (χ4v) is 3.29. The quantitative estimate of drug-likeness (QED) is 0.111. The maximum Gasteiger partial charge on any atom is 0.407 e. The summed E-state index contributed by atoms with van der Waals surface area (Å²) in [5, 5.41) is 29.4. The van der Waals surface area contributed by atoms with Crippen LogP contribution in [0.25, 0.3) is 0 Å². The Morgan fingerprint density at radius 3 is 1.18 bits per heavy atom. The summed E-state index contributed by atoms with van der Waals surface area (Å²) in [4.78, 5) is 51.5. The molecule has 14 heteroatoms. The lowest BCUT2D eigenvalue weighted by atomic mass is 10.2. The summed E-state index contributed by atoms with van der Waals surface area (Å²) in [6.07, 6.45) is -0.662. The number of hydrogen-bond acceptors (Lipinski definition) is 10. The van der Waals surface area contributed by atoms with Gasteiger partial charge >= 0.3 is 12.2 Å². The van der Waals surface area contributed by atoms with Crippen molar-refractivity contribution in [3.05, 3.63) is 0 Å². The number of rotatable bonds is 19. The molecule has 0 aliphatic heterocycles. The minimum absolute atomic E-state index is 0.0683. The highest BCUT2D eigenvalue weighted by atomic mass is 16.6. The van der Waals surface area contributed by atoms with Gasteiger partial charge in [0, 0.05) is 78.3 Å². The lowest BCUT2D eigenvalue weighted by Crippen LogP contribution is -2.42. The Kier molecular flexibility index (Phi) is 18.9. The Bertz CT molecular complexity index is 692. The van der Waals surface area contributed by atoms with Crippen LogP contribution in [0, 0.1) is 0 Å². The highest BCUT2D eigenvalue weighted by molar-refractivity contribution is 5.76. The van der Waals surface area contributed by atoms with E-state index in [2.05, 4.69) is 21.3 Å². The van der Waals surface area contributed by atoms with Crippen LogP contribution in [-0.4, -0.2) is 134 Å². The van der Waals surface area contributed by atoms with Crippen molar-refractivity contribution < 1.29 is 38.9 Å². The van der Waals surface area contributed by atoms with Crippen LogP contribution >= 0.6 is 0 Å². The summed E-state index contributed by atoms with van der Waals surface area (Å²) >= 11 is 0. The fraction of sp³-hybridized carbons (Fsp3) is 0.846. The Hall–Kier alpha value is -2.68. The van der Waals surface area contributed by atoms with Gasteiger partial charge in [0.2, 0.25) is 11.8 Å². The third-order valence-corrected chi connectivity index (χ3v) is 5.11. The Balaban J connectivity index is 4.31. The molecule has 0 aliphatic rings. The highest BCUT2D eigenvalue weighted by Crippen LogP contribution is 2.06. The second kappa shape index (κ2) is 20.2. The first kappa shape index (κ1) is 37.3. The number of aliphatic hydroxyl groups excluding tert-OH is 2. The molecule has 0 aromatic rings. The molecule has 0 heterocycles. The number of amides is 4. The van der Waals surface area contributed by atoms with Crippen molar-refractivity contribution in [1.82, 2.24) is 31.1 Å². The van der Waals surface area contributed by atoms with Crippen molar-refractivity contribution in [2.75, 3.05) is 78.7 Å². The van der Waals surface area contributed by atoms with Crippen molar-refractivity contribution in [3.63, 3.8) is 0 Å². The average molecular weight is 577 g/mol. The number of nitrogens with zero attached hydrogens (tertiary/aromatic N) is 2. The smallest absolute Gasteiger partial charge is 0.407 e. The van der Waals surface area contributed by atoms with E-state index >= 15 is 0 Å². The van der Waals surface area contributed by atoms with E-state index in [9.17, 15) is 29.4 Å². The second-order valence-corrected chi connectivity index (χ2v) is 11.2. The number of alkyl carbamates (subject to hydrolysis) is 2. The molecule has 40 heavy (non-hydrogen) atoms. The minimum atomic E-state index is -0.592. The van der Waals surface area contributed by atoms with Gasteiger partial charge in [-0.2, -0.15) is 0 Å². The third-order valence-electron chi connectivity index (χ3n) is 5.11. The van der Waals surface area contributed by atoms with E-state index in [-0.39, 0.29) is 64.0 Å². The van der Waals surface area contributed by atoms with Gasteiger partial charge in [-0.25, -0.2) is 9.59 Å². The first-order valence-corrected chi connectivity index (χ1v) is 13.8. The molecule has 0 rings (SSSR count). The van der Waals surface area contributed by atoms with Crippen LogP contribution in [0.1, 0.15) is 54.4 Å². The molecule has 0 saturated heterocycles. The molecule has 0 radical (unpaired) electrons. The van der Waals surface area contributed by atoms with Gasteiger partial charge in [0.05, 0.1) is 13.2 Å². The number of carbonyl (C=O) groups is 4. The van der Waals surface area contributed by atoms with Gasteiger partial charge in [0.15, 0.2) is 0 Å². The normalized spacial score (nSPS) is 11.8. The molecular formula is C26H52N6O8. The van der Waals surface area contributed by atoms with E-state index in [4.69, 9.17) is 9.47 Å². The van der Waals surface area contributed by atoms with Crippen LogP contribution in [0.3, 0.4) is 0 Å². The molecule has 4 amide bonds. The van der Waals surface area contributed by atoms with Gasteiger partial charge in [-0.1, -0.05) is 0 Å². The van der Waals surface area contributed by atoms with Crippen LogP contribution in [-0.2, 0) is 19.1 Å². The van der Waals surface area contributed by atoms with Crippen LogP contribution in [0.4, 0.5) is 9.59 Å². The van der Waals surface area contributed by atoms with Crippen LogP contribution in [0.15, 0.2) is 0 Å². The molecule has 0 fully saturated rings. The van der Waals surface area contributed by atoms with Crippen molar-refractivity contribution in [1.29, 1.82) is 0 Å². The molecule has 0 aliphatic carbocycles. The average Bonchev–Trinajstić information content (AvgIpc) is 2.82. The van der Waals surface area contributed by atoms with E-state index in [1.807, 2.05) is 9.80 Å². The summed E-state index contributed by atoms with van der Waals surface area (Å²) in [6.45, 7) is 14.2. The molecule has 14 nitrogen and oxygen atoms in total. The monoisotopic (exact) mass is 576 g/mol. The zero-order valence-electron chi connectivity index (χ0n) is 25.1. The highest BCUT2D eigenvalue weighted by Gasteiger charge is 2.17. The minimum Gasteiger partial charge on any atom is -0.444 e. The maximum absolute atomic E-state index is 12.2. The number of hydrogen-bond donors (Lipinski definition) is 6. The number of ether oxygens (including phenoxy) is 2. The third kappa shape index (κ3) is 23.2. The molecule has 0 spiro atoms. The zero-order valence-corrected chi connectivity index (χ0v) is 25.1. The Labute approximate surface area is 238 Å². The molecule has 0 aromatic carbocycles. The van der Waals surface area contributed by atoms with E-state index in [0.717, 1.165) is 0 Å². The molecule has 234 valence electrons.